The Morgan fingerprint density at radius 3 is 2.60 bits per heavy atom. The first-order valence-electron chi connectivity index (χ1n) is 5.27. The lowest BCUT2D eigenvalue weighted by molar-refractivity contribution is 0.0899. The molecule has 1 aliphatic rings. The van der Waals surface area contributed by atoms with Crippen molar-refractivity contribution in [3.63, 3.8) is 0 Å². The van der Waals surface area contributed by atoms with E-state index in [0.717, 1.165) is 6.42 Å². The lowest BCUT2D eigenvalue weighted by Gasteiger charge is -2.32. The van der Waals surface area contributed by atoms with Crippen molar-refractivity contribution in [3.05, 3.63) is 11.6 Å². The lowest BCUT2D eigenvalue weighted by atomic mass is 9.95. The van der Waals surface area contributed by atoms with Crippen LogP contribution in [-0.2, 0) is 9.47 Å². The van der Waals surface area contributed by atoms with Gasteiger partial charge < -0.3 is 15.2 Å². The van der Waals surface area contributed by atoms with Crippen LogP contribution in [0.1, 0.15) is 20.3 Å². The Hall–Kier alpha value is -0.0300. The van der Waals surface area contributed by atoms with E-state index < -0.39 is 0 Å². The number of rotatable bonds is 5. The maximum Gasteiger partial charge on any atom is 0.139 e. The molecule has 0 aromatic heterocycles. The van der Waals surface area contributed by atoms with Gasteiger partial charge >= 0.3 is 0 Å². The second-order valence-corrected chi connectivity index (χ2v) is 5.35. The maximum absolute atomic E-state index is 5.68. The van der Waals surface area contributed by atoms with Crippen molar-refractivity contribution in [2.24, 2.45) is 11.7 Å². The first-order chi connectivity index (χ1) is 7.09. The summed E-state index contributed by atoms with van der Waals surface area (Å²) in [6.45, 7) is 4.98. The Bertz CT molecular complexity index is 243. The van der Waals surface area contributed by atoms with E-state index in [9.17, 15) is 0 Å². The van der Waals surface area contributed by atoms with Gasteiger partial charge in [-0.3, -0.25) is 0 Å². The Morgan fingerprint density at radius 2 is 2.20 bits per heavy atom. The fraction of sp³-hybridized carbons (Fsp3) is 0.818. The third-order valence-corrected chi connectivity index (χ3v) is 4.27. The van der Waals surface area contributed by atoms with Crippen molar-refractivity contribution < 1.29 is 9.47 Å². The summed E-state index contributed by atoms with van der Waals surface area (Å²) in [5.41, 5.74) is 7.05. The summed E-state index contributed by atoms with van der Waals surface area (Å²) >= 11 is 1.70. The molecule has 2 N–H and O–H groups in total. The Labute approximate surface area is 96.4 Å². The molecule has 4 heteroatoms. The summed E-state index contributed by atoms with van der Waals surface area (Å²) in [6.07, 6.45) is 2.99. The highest BCUT2D eigenvalue weighted by Crippen LogP contribution is 2.48. The third-order valence-electron chi connectivity index (χ3n) is 2.72. The molecule has 0 fully saturated rings. The number of hydrogen-bond acceptors (Lipinski definition) is 4. The predicted molar refractivity (Wildman–Crippen MR) is 64.7 cm³/mol. The van der Waals surface area contributed by atoms with Gasteiger partial charge in [0.15, 0.2) is 0 Å². The van der Waals surface area contributed by atoms with Crippen LogP contribution in [0.4, 0.5) is 0 Å². The highest BCUT2D eigenvalue weighted by Gasteiger charge is 2.43. The van der Waals surface area contributed by atoms with Gasteiger partial charge in [0.2, 0.25) is 0 Å². The number of thioether (sulfide) groups is 1. The maximum atomic E-state index is 5.68. The zero-order valence-corrected chi connectivity index (χ0v) is 10.8. The van der Waals surface area contributed by atoms with E-state index in [1.165, 1.54) is 5.57 Å². The topological polar surface area (TPSA) is 44.5 Å². The van der Waals surface area contributed by atoms with E-state index in [2.05, 4.69) is 19.9 Å². The SMILES string of the molecule is COC1C=C(C(C)C)C(CCN)(OC)S1. The molecule has 2 atom stereocenters. The first kappa shape index (κ1) is 13.0. The third kappa shape index (κ3) is 2.56. The summed E-state index contributed by atoms with van der Waals surface area (Å²) in [5.74, 6) is 0.462. The molecule has 0 amide bonds. The molecule has 88 valence electrons. The monoisotopic (exact) mass is 231 g/mol. The molecule has 1 heterocycles. The largest absolute Gasteiger partial charge is 0.367 e. The molecule has 1 aliphatic heterocycles. The minimum absolute atomic E-state index is 0.0916. The quantitative estimate of drug-likeness (QED) is 0.735. The van der Waals surface area contributed by atoms with Crippen molar-refractivity contribution in [3.8, 4) is 0 Å². The van der Waals surface area contributed by atoms with Crippen molar-refractivity contribution in [1.29, 1.82) is 0 Å². The zero-order chi connectivity index (χ0) is 11.5. The molecule has 0 aliphatic carbocycles. The summed E-state index contributed by atoms with van der Waals surface area (Å²) in [7, 11) is 3.47. The predicted octanol–water partition coefficient (Wildman–Crippen LogP) is 1.98. The van der Waals surface area contributed by atoms with Crippen LogP contribution in [0.5, 0.6) is 0 Å². The molecule has 0 saturated heterocycles. The van der Waals surface area contributed by atoms with Crippen LogP contribution in [0.3, 0.4) is 0 Å². The normalized spacial score (nSPS) is 31.1. The number of methoxy groups -OCH3 is 2. The van der Waals surface area contributed by atoms with Gasteiger partial charge in [0.1, 0.15) is 10.4 Å². The fourth-order valence-electron chi connectivity index (χ4n) is 1.97. The number of nitrogens with two attached hydrogens (primary N) is 1. The molecule has 0 bridgehead atoms. The van der Waals surface area contributed by atoms with Crippen LogP contribution in [0.2, 0.25) is 0 Å². The zero-order valence-electron chi connectivity index (χ0n) is 9.95. The van der Waals surface area contributed by atoms with Crippen molar-refractivity contribution >= 4 is 11.8 Å². The average molecular weight is 231 g/mol. The number of ether oxygens (including phenoxy) is 2. The van der Waals surface area contributed by atoms with E-state index in [1.807, 2.05) is 0 Å². The van der Waals surface area contributed by atoms with Gasteiger partial charge in [0, 0.05) is 20.6 Å². The van der Waals surface area contributed by atoms with Crippen LogP contribution in [0.25, 0.3) is 0 Å². The van der Waals surface area contributed by atoms with Gasteiger partial charge in [-0.2, -0.15) is 0 Å². The minimum atomic E-state index is -0.274. The Morgan fingerprint density at radius 1 is 1.53 bits per heavy atom. The molecule has 0 saturated carbocycles. The smallest absolute Gasteiger partial charge is 0.139 e. The first-order valence-corrected chi connectivity index (χ1v) is 6.15. The summed E-state index contributed by atoms with van der Waals surface area (Å²) in [5, 5.41) is 0. The van der Waals surface area contributed by atoms with E-state index in [4.69, 9.17) is 15.2 Å². The van der Waals surface area contributed by atoms with Crippen molar-refractivity contribution in [2.75, 3.05) is 20.8 Å². The second kappa shape index (κ2) is 5.34. The van der Waals surface area contributed by atoms with Crippen molar-refractivity contribution in [2.45, 2.75) is 30.6 Å². The fourth-order valence-corrected chi connectivity index (χ4v) is 3.43. The van der Waals surface area contributed by atoms with Gasteiger partial charge in [-0.1, -0.05) is 25.6 Å². The second-order valence-electron chi connectivity index (χ2n) is 3.99. The molecule has 0 spiro atoms. The summed E-state index contributed by atoms with van der Waals surface area (Å²) < 4.78 is 11.0. The molecule has 1 rings (SSSR count). The molecule has 0 radical (unpaired) electrons. The average Bonchev–Trinajstić information content (AvgIpc) is 2.58. The lowest BCUT2D eigenvalue weighted by Crippen LogP contribution is -2.33. The van der Waals surface area contributed by atoms with Gasteiger partial charge in [-0.15, -0.1) is 0 Å². The van der Waals surface area contributed by atoms with Crippen molar-refractivity contribution in [1.82, 2.24) is 0 Å². The summed E-state index contributed by atoms with van der Waals surface area (Å²) in [4.78, 5) is -0.274. The van der Waals surface area contributed by atoms with E-state index in [1.54, 1.807) is 26.0 Å². The molecule has 15 heavy (non-hydrogen) atoms. The van der Waals surface area contributed by atoms with Crippen LogP contribution >= 0.6 is 11.8 Å². The van der Waals surface area contributed by atoms with Crippen LogP contribution in [0.15, 0.2) is 11.6 Å². The molecule has 3 nitrogen and oxygen atoms in total. The highest BCUT2D eigenvalue weighted by atomic mass is 32.2. The van der Waals surface area contributed by atoms with E-state index >= 15 is 0 Å². The molecular weight excluding hydrogens is 210 g/mol. The molecule has 0 aromatic carbocycles. The van der Waals surface area contributed by atoms with Crippen LogP contribution in [0, 0.1) is 5.92 Å². The van der Waals surface area contributed by atoms with Gasteiger partial charge in [-0.25, -0.2) is 0 Å². The van der Waals surface area contributed by atoms with Gasteiger partial charge in [0.25, 0.3) is 0 Å². The molecular formula is C11H21NO2S. The van der Waals surface area contributed by atoms with Crippen LogP contribution in [-0.4, -0.2) is 31.1 Å². The van der Waals surface area contributed by atoms with E-state index in [-0.39, 0.29) is 10.4 Å². The Kier molecular flexibility index (Phi) is 4.64. The van der Waals surface area contributed by atoms with E-state index in [0.29, 0.717) is 12.5 Å². The Balaban J connectivity index is 2.92. The van der Waals surface area contributed by atoms with Gasteiger partial charge in [-0.05, 0) is 24.1 Å². The summed E-state index contributed by atoms with van der Waals surface area (Å²) in [6, 6.07) is 0. The highest BCUT2D eigenvalue weighted by molar-refractivity contribution is 8.01. The molecule has 2 unspecified atom stereocenters. The number of hydrogen-bond donors (Lipinski definition) is 1. The standard InChI is InChI=1S/C11H21NO2S/c1-8(2)9-7-10(13-3)15-11(9,14-4)5-6-12/h7-8,10H,5-6,12H2,1-4H3. The van der Waals surface area contributed by atoms with Crippen LogP contribution < -0.4 is 5.73 Å². The minimum Gasteiger partial charge on any atom is -0.367 e. The molecule has 0 aromatic rings. The van der Waals surface area contributed by atoms with Gasteiger partial charge in [0.05, 0.1) is 0 Å².